The molecule has 124 valence electrons. The van der Waals surface area contributed by atoms with Crippen molar-refractivity contribution in [2.24, 2.45) is 0 Å². The van der Waals surface area contributed by atoms with E-state index in [0.717, 1.165) is 4.90 Å². The number of benzene rings is 2. The molecule has 0 bridgehead atoms. The van der Waals surface area contributed by atoms with Crippen molar-refractivity contribution < 1.29 is 9.59 Å². The fraction of sp³-hybridized carbons (Fsp3) is 0.125. The number of hydrogen-bond acceptors (Lipinski definition) is 3. The smallest absolute Gasteiger partial charge is 0.256 e. The van der Waals surface area contributed by atoms with Gasteiger partial charge in [-0.2, -0.15) is 0 Å². The summed E-state index contributed by atoms with van der Waals surface area (Å²) in [5.41, 5.74) is 0.868. The highest BCUT2D eigenvalue weighted by atomic mass is 35.5. The topological polar surface area (TPSA) is 49.4 Å². The molecule has 0 aliphatic carbocycles. The van der Waals surface area contributed by atoms with Crippen LogP contribution >= 0.6 is 46.4 Å². The number of carbonyl (C=O) groups is 2. The van der Waals surface area contributed by atoms with E-state index in [2.05, 4.69) is 5.32 Å². The van der Waals surface area contributed by atoms with Crippen molar-refractivity contribution in [1.82, 2.24) is 0 Å². The summed E-state index contributed by atoms with van der Waals surface area (Å²) >= 11 is 23.9. The minimum atomic E-state index is -0.733. The van der Waals surface area contributed by atoms with Crippen molar-refractivity contribution in [3.63, 3.8) is 0 Å². The van der Waals surface area contributed by atoms with Gasteiger partial charge in [0.25, 0.3) is 5.91 Å². The van der Waals surface area contributed by atoms with Crippen molar-refractivity contribution in [1.29, 1.82) is 0 Å². The molecule has 1 fully saturated rings. The highest BCUT2D eigenvalue weighted by molar-refractivity contribution is 6.44. The molecule has 1 atom stereocenters. The lowest BCUT2D eigenvalue weighted by atomic mass is 10.2. The summed E-state index contributed by atoms with van der Waals surface area (Å²) in [6.07, 6.45) is 0.00191. The Morgan fingerprint density at radius 1 is 0.958 bits per heavy atom. The van der Waals surface area contributed by atoms with Crippen LogP contribution in [0.4, 0.5) is 11.4 Å². The Morgan fingerprint density at radius 2 is 1.71 bits per heavy atom. The molecule has 2 aromatic rings. The van der Waals surface area contributed by atoms with Crippen LogP contribution in [0.2, 0.25) is 20.1 Å². The van der Waals surface area contributed by atoms with Crippen LogP contribution in [0.5, 0.6) is 0 Å². The van der Waals surface area contributed by atoms with Gasteiger partial charge in [-0.15, -0.1) is 0 Å². The fourth-order valence-corrected chi connectivity index (χ4v) is 3.09. The lowest BCUT2D eigenvalue weighted by Gasteiger charge is -2.17. The normalized spacial score (nSPS) is 17.5. The Hall–Kier alpha value is -1.46. The number of carbonyl (C=O) groups excluding carboxylic acids is 2. The van der Waals surface area contributed by atoms with Crippen LogP contribution in [0.25, 0.3) is 0 Å². The molecule has 1 aliphatic heterocycles. The minimum absolute atomic E-state index is 0.00191. The molecule has 4 nitrogen and oxygen atoms in total. The predicted octanol–water partition coefficient (Wildman–Crippen LogP) is 5.04. The van der Waals surface area contributed by atoms with Crippen LogP contribution in [0.3, 0.4) is 0 Å². The van der Waals surface area contributed by atoms with E-state index in [1.165, 1.54) is 12.1 Å². The van der Waals surface area contributed by atoms with Gasteiger partial charge in [-0.05, 0) is 30.3 Å². The molecule has 3 rings (SSSR count). The van der Waals surface area contributed by atoms with Gasteiger partial charge < -0.3 is 5.32 Å². The van der Waals surface area contributed by atoms with E-state index in [4.69, 9.17) is 46.4 Å². The van der Waals surface area contributed by atoms with Gasteiger partial charge in [-0.25, -0.2) is 4.90 Å². The average Bonchev–Trinajstić information content (AvgIpc) is 2.81. The molecule has 1 N–H and O–H groups in total. The van der Waals surface area contributed by atoms with E-state index in [1.807, 2.05) is 0 Å². The maximum atomic E-state index is 12.6. The Kier molecular flexibility index (Phi) is 4.92. The molecule has 0 unspecified atom stereocenters. The van der Waals surface area contributed by atoms with Crippen molar-refractivity contribution in [3.8, 4) is 0 Å². The van der Waals surface area contributed by atoms with Crippen molar-refractivity contribution >= 4 is 69.6 Å². The van der Waals surface area contributed by atoms with E-state index in [9.17, 15) is 9.59 Å². The monoisotopic (exact) mass is 402 g/mol. The van der Waals surface area contributed by atoms with Gasteiger partial charge in [0.2, 0.25) is 5.91 Å². The minimum Gasteiger partial charge on any atom is -0.372 e. The second kappa shape index (κ2) is 6.81. The summed E-state index contributed by atoms with van der Waals surface area (Å²) in [4.78, 5) is 25.9. The zero-order valence-electron chi connectivity index (χ0n) is 12.0. The largest absolute Gasteiger partial charge is 0.372 e. The second-order valence-corrected chi connectivity index (χ2v) is 6.77. The first-order valence-electron chi connectivity index (χ1n) is 6.91. The predicted molar refractivity (Wildman–Crippen MR) is 97.4 cm³/mol. The standard InChI is InChI=1S/C16H10Cl4N2O2/c17-9-5-4-8(6-11(9)19)22-14(23)7-13(16(22)24)21-12-3-1-2-10(18)15(12)20/h1-6,13,21H,7H2/t13-/m1/s1. The van der Waals surface area contributed by atoms with Gasteiger partial charge >= 0.3 is 0 Å². The van der Waals surface area contributed by atoms with Gasteiger partial charge in [0, 0.05) is 0 Å². The van der Waals surface area contributed by atoms with Crippen molar-refractivity contribution in [3.05, 3.63) is 56.5 Å². The highest BCUT2D eigenvalue weighted by Gasteiger charge is 2.40. The van der Waals surface area contributed by atoms with Crippen LogP contribution in [-0.4, -0.2) is 17.9 Å². The Morgan fingerprint density at radius 3 is 2.42 bits per heavy atom. The third-order valence-corrected chi connectivity index (χ3v) is 5.15. The number of amides is 2. The third kappa shape index (κ3) is 3.20. The zero-order valence-corrected chi connectivity index (χ0v) is 15.0. The molecular formula is C16H10Cl4N2O2. The van der Waals surface area contributed by atoms with Crippen molar-refractivity contribution in [2.45, 2.75) is 12.5 Å². The molecule has 0 saturated carbocycles. The lowest BCUT2D eigenvalue weighted by Crippen LogP contribution is -2.34. The molecule has 1 saturated heterocycles. The molecule has 0 aromatic heterocycles. The van der Waals surface area contributed by atoms with Gasteiger partial charge in [0.05, 0.1) is 37.9 Å². The van der Waals surface area contributed by atoms with Gasteiger partial charge in [0.1, 0.15) is 6.04 Å². The Labute approximate surface area is 158 Å². The molecule has 2 aromatic carbocycles. The Balaban J connectivity index is 1.86. The van der Waals surface area contributed by atoms with E-state index in [0.29, 0.717) is 26.4 Å². The first-order chi connectivity index (χ1) is 11.4. The number of rotatable bonds is 3. The molecule has 1 heterocycles. The Bertz CT molecular complexity index is 841. The molecule has 24 heavy (non-hydrogen) atoms. The molecule has 0 spiro atoms. The number of nitrogens with zero attached hydrogens (tertiary/aromatic N) is 1. The van der Waals surface area contributed by atoms with Crippen LogP contribution in [-0.2, 0) is 9.59 Å². The number of anilines is 2. The number of halogens is 4. The van der Waals surface area contributed by atoms with Crippen LogP contribution in [0.15, 0.2) is 36.4 Å². The maximum Gasteiger partial charge on any atom is 0.256 e. The third-order valence-electron chi connectivity index (χ3n) is 3.59. The molecule has 8 heteroatoms. The average molecular weight is 404 g/mol. The molecular weight excluding hydrogens is 394 g/mol. The van der Waals surface area contributed by atoms with E-state index in [1.54, 1.807) is 24.3 Å². The summed E-state index contributed by atoms with van der Waals surface area (Å²) in [7, 11) is 0. The van der Waals surface area contributed by atoms with E-state index >= 15 is 0 Å². The van der Waals surface area contributed by atoms with E-state index < -0.39 is 11.9 Å². The molecule has 1 aliphatic rings. The van der Waals surface area contributed by atoms with Gasteiger partial charge in [-0.3, -0.25) is 9.59 Å². The van der Waals surface area contributed by atoms with Crippen LogP contribution in [0, 0.1) is 0 Å². The number of imide groups is 1. The molecule has 0 radical (unpaired) electrons. The lowest BCUT2D eigenvalue weighted by molar-refractivity contribution is -0.121. The summed E-state index contributed by atoms with van der Waals surface area (Å²) in [6.45, 7) is 0. The second-order valence-electron chi connectivity index (χ2n) is 5.17. The summed E-state index contributed by atoms with van der Waals surface area (Å²) in [5.74, 6) is -0.733. The van der Waals surface area contributed by atoms with Gasteiger partial charge in [0.15, 0.2) is 0 Å². The fourth-order valence-electron chi connectivity index (χ4n) is 2.44. The van der Waals surface area contributed by atoms with Crippen LogP contribution < -0.4 is 10.2 Å². The maximum absolute atomic E-state index is 12.6. The van der Waals surface area contributed by atoms with Crippen LogP contribution in [0.1, 0.15) is 6.42 Å². The zero-order chi connectivity index (χ0) is 17.4. The van der Waals surface area contributed by atoms with E-state index in [-0.39, 0.29) is 17.4 Å². The number of nitrogens with one attached hydrogen (secondary N) is 1. The summed E-state index contributed by atoms with van der Waals surface area (Å²) < 4.78 is 0. The number of hydrogen-bond donors (Lipinski definition) is 1. The van der Waals surface area contributed by atoms with Crippen molar-refractivity contribution in [2.75, 3.05) is 10.2 Å². The quantitative estimate of drug-likeness (QED) is 0.730. The summed E-state index contributed by atoms with van der Waals surface area (Å²) in [6, 6.07) is 8.88. The SMILES string of the molecule is O=C1C[C@@H](Nc2cccc(Cl)c2Cl)C(=O)N1c1ccc(Cl)c(Cl)c1. The molecule has 2 amide bonds. The van der Waals surface area contributed by atoms with Gasteiger partial charge in [-0.1, -0.05) is 52.5 Å². The first-order valence-corrected chi connectivity index (χ1v) is 8.42. The first kappa shape index (κ1) is 17.4. The summed E-state index contributed by atoms with van der Waals surface area (Å²) in [5, 5.41) is 4.24. The highest BCUT2D eigenvalue weighted by Crippen LogP contribution is 2.33.